The Kier molecular flexibility index (Phi) is 2.84. The molecular weight excluding hydrogens is 250 g/mol. The van der Waals surface area contributed by atoms with Gasteiger partial charge in [-0.05, 0) is 29.3 Å². The van der Waals surface area contributed by atoms with Crippen molar-refractivity contribution in [1.82, 2.24) is 0 Å². The lowest BCUT2D eigenvalue weighted by Crippen LogP contribution is -1.83. The summed E-state index contributed by atoms with van der Waals surface area (Å²) >= 11 is 3.42. The topological polar surface area (TPSA) is 23.8 Å². The van der Waals surface area contributed by atoms with E-state index in [1.165, 1.54) is 0 Å². The van der Waals surface area contributed by atoms with Gasteiger partial charge in [0.25, 0.3) is 0 Å². The minimum absolute atomic E-state index is 0.704. The van der Waals surface area contributed by atoms with Crippen molar-refractivity contribution >= 4 is 15.9 Å². The molecule has 0 aliphatic rings. The molecule has 15 heavy (non-hydrogen) atoms. The van der Waals surface area contributed by atoms with Gasteiger partial charge in [-0.1, -0.05) is 46.3 Å². The minimum atomic E-state index is 0.704. The number of nitrogens with zero attached hydrogens (tertiary/aromatic N) is 1. The normalized spacial score (nSPS) is 9.60. The third-order valence-corrected chi connectivity index (χ3v) is 2.68. The summed E-state index contributed by atoms with van der Waals surface area (Å²) in [6.45, 7) is 0. The molecule has 1 nitrogen and oxygen atoms in total. The van der Waals surface area contributed by atoms with Crippen LogP contribution in [-0.2, 0) is 0 Å². The third-order valence-electron chi connectivity index (χ3n) is 2.18. The number of hydrogen-bond donors (Lipinski definition) is 0. The Labute approximate surface area is 97.1 Å². The molecule has 0 saturated carbocycles. The molecule has 0 aromatic heterocycles. The molecule has 2 aromatic carbocycles. The highest BCUT2D eigenvalue weighted by Gasteiger charge is 2.03. The molecule has 0 heterocycles. The number of benzene rings is 2. The summed E-state index contributed by atoms with van der Waals surface area (Å²) in [5.74, 6) is 0. The van der Waals surface area contributed by atoms with Crippen molar-refractivity contribution in [2.75, 3.05) is 0 Å². The molecule has 2 rings (SSSR count). The fourth-order valence-electron chi connectivity index (χ4n) is 1.49. The second kappa shape index (κ2) is 4.29. The van der Waals surface area contributed by atoms with Crippen molar-refractivity contribution in [3.05, 3.63) is 58.6 Å². The summed E-state index contributed by atoms with van der Waals surface area (Å²) in [5.41, 5.74) is 2.73. The molecule has 0 aliphatic heterocycles. The standard InChI is InChI=1S/C13H8BrN/c14-12-6-3-5-10(8-12)13-7-2-1-4-11(13)9-15/h1-8H. The first-order chi connectivity index (χ1) is 7.31. The number of hydrogen-bond acceptors (Lipinski definition) is 1. The zero-order chi connectivity index (χ0) is 10.7. The van der Waals surface area contributed by atoms with Crippen LogP contribution in [0.5, 0.6) is 0 Å². The van der Waals surface area contributed by atoms with Gasteiger partial charge in [-0.2, -0.15) is 5.26 Å². The van der Waals surface area contributed by atoms with Gasteiger partial charge in [0, 0.05) is 4.47 Å². The Balaban J connectivity index is 2.60. The smallest absolute Gasteiger partial charge is 0.0998 e. The second-order valence-electron chi connectivity index (χ2n) is 3.17. The van der Waals surface area contributed by atoms with Crippen LogP contribution in [0.2, 0.25) is 0 Å². The fourth-order valence-corrected chi connectivity index (χ4v) is 1.89. The Morgan fingerprint density at radius 2 is 1.80 bits per heavy atom. The van der Waals surface area contributed by atoms with E-state index in [1.54, 1.807) is 0 Å². The molecule has 72 valence electrons. The van der Waals surface area contributed by atoms with Gasteiger partial charge in [-0.25, -0.2) is 0 Å². The lowest BCUT2D eigenvalue weighted by molar-refractivity contribution is 1.47. The predicted octanol–water partition coefficient (Wildman–Crippen LogP) is 3.99. The maximum Gasteiger partial charge on any atom is 0.0998 e. The number of rotatable bonds is 1. The second-order valence-corrected chi connectivity index (χ2v) is 4.08. The summed E-state index contributed by atoms with van der Waals surface area (Å²) < 4.78 is 1.02. The van der Waals surface area contributed by atoms with Crippen molar-refractivity contribution in [2.45, 2.75) is 0 Å². The monoisotopic (exact) mass is 257 g/mol. The zero-order valence-electron chi connectivity index (χ0n) is 7.94. The van der Waals surface area contributed by atoms with E-state index in [4.69, 9.17) is 5.26 Å². The van der Waals surface area contributed by atoms with Crippen molar-refractivity contribution in [3.63, 3.8) is 0 Å². The zero-order valence-corrected chi connectivity index (χ0v) is 9.53. The van der Waals surface area contributed by atoms with Gasteiger partial charge < -0.3 is 0 Å². The molecule has 0 bridgehead atoms. The van der Waals surface area contributed by atoms with E-state index >= 15 is 0 Å². The Morgan fingerprint density at radius 1 is 1.00 bits per heavy atom. The van der Waals surface area contributed by atoms with Crippen LogP contribution in [0.3, 0.4) is 0 Å². The molecule has 0 N–H and O–H groups in total. The average Bonchev–Trinajstić information content (AvgIpc) is 2.29. The number of halogens is 1. The molecule has 0 saturated heterocycles. The van der Waals surface area contributed by atoms with Crippen molar-refractivity contribution < 1.29 is 0 Å². The van der Waals surface area contributed by atoms with Gasteiger partial charge in [-0.15, -0.1) is 0 Å². The van der Waals surface area contributed by atoms with Gasteiger partial charge in [-0.3, -0.25) is 0 Å². The van der Waals surface area contributed by atoms with Crippen molar-refractivity contribution in [2.24, 2.45) is 0 Å². The van der Waals surface area contributed by atoms with Gasteiger partial charge >= 0.3 is 0 Å². The molecular formula is C13H8BrN. The van der Waals surface area contributed by atoms with Gasteiger partial charge in [0.1, 0.15) is 0 Å². The molecule has 0 atom stereocenters. The number of nitriles is 1. The van der Waals surface area contributed by atoms with Crippen LogP contribution in [0.25, 0.3) is 11.1 Å². The maximum absolute atomic E-state index is 8.99. The first-order valence-electron chi connectivity index (χ1n) is 4.56. The van der Waals surface area contributed by atoms with E-state index in [9.17, 15) is 0 Å². The van der Waals surface area contributed by atoms with Crippen LogP contribution in [-0.4, -0.2) is 0 Å². The highest BCUT2D eigenvalue weighted by Crippen LogP contribution is 2.25. The highest BCUT2D eigenvalue weighted by atomic mass is 79.9. The summed E-state index contributed by atoms with van der Waals surface area (Å²) in [5, 5.41) is 8.99. The van der Waals surface area contributed by atoms with Crippen LogP contribution in [0.15, 0.2) is 53.0 Å². The maximum atomic E-state index is 8.99. The van der Waals surface area contributed by atoms with Crippen LogP contribution in [0.4, 0.5) is 0 Å². The van der Waals surface area contributed by atoms with Crippen LogP contribution >= 0.6 is 15.9 Å². The summed E-state index contributed by atoms with van der Waals surface area (Å²) in [4.78, 5) is 0. The fraction of sp³-hybridized carbons (Fsp3) is 0. The highest BCUT2D eigenvalue weighted by molar-refractivity contribution is 9.10. The Morgan fingerprint density at radius 3 is 2.53 bits per heavy atom. The molecule has 0 spiro atoms. The quantitative estimate of drug-likeness (QED) is 0.758. The third kappa shape index (κ3) is 2.08. The molecule has 0 aliphatic carbocycles. The van der Waals surface area contributed by atoms with E-state index in [2.05, 4.69) is 22.0 Å². The molecule has 0 fully saturated rings. The predicted molar refractivity (Wildman–Crippen MR) is 64.3 cm³/mol. The van der Waals surface area contributed by atoms with E-state index in [0.717, 1.165) is 15.6 Å². The first kappa shape index (κ1) is 9.95. The Hall–Kier alpha value is -1.59. The minimum Gasteiger partial charge on any atom is -0.192 e. The van der Waals surface area contributed by atoms with Crippen LogP contribution in [0.1, 0.15) is 5.56 Å². The lowest BCUT2D eigenvalue weighted by Gasteiger charge is -2.03. The van der Waals surface area contributed by atoms with Gasteiger partial charge in [0.2, 0.25) is 0 Å². The summed E-state index contributed by atoms with van der Waals surface area (Å²) in [6, 6.07) is 17.8. The van der Waals surface area contributed by atoms with Gasteiger partial charge in [0.05, 0.1) is 11.6 Å². The largest absolute Gasteiger partial charge is 0.192 e. The SMILES string of the molecule is N#Cc1ccccc1-c1cccc(Br)c1. The van der Waals surface area contributed by atoms with E-state index < -0.39 is 0 Å². The van der Waals surface area contributed by atoms with Crippen molar-refractivity contribution in [1.29, 1.82) is 5.26 Å². The average molecular weight is 258 g/mol. The van der Waals surface area contributed by atoms with Crippen LogP contribution < -0.4 is 0 Å². The van der Waals surface area contributed by atoms with Crippen LogP contribution in [0, 0.1) is 11.3 Å². The molecule has 2 heteroatoms. The summed E-state index contributed by atoms with van der Waals surface area (Å²) in [7, 11) is 0. The summed E-state index contributed by atoms with van der Waals surface area (Å²) in [6.07, 6.45) is 0. The molecule has 0 unspecified atom stereocenters. The van der Waals surface area contributed by atoms with Crippen molar-refractivity contribution in [3.8, 4) is 17.2 Å². The molecule has 0 radical (unpaired) electrons. The molecule has 0 amide bonds. The van der Waals surface area contributed by atoms with Gasteiger partial charge in [0.15, 0.2) is 0 Å². The van der Waals surface area contributed by atoms with E-state index in [-0.39, 0.29) is 0 Å². The van der Waals surface area contributed by atoms with E-state index in [0.29, 0.717) is 5.56 Å². The Bertz CT molecular complexity index is 526. The lowest BCUT2D eigenvalue weighted by atomic mass is 10.0. The van der Waals surface area contributed by atoms with E-state index in [1.807, 2.05) is 48.5 Å². The first-order valence-corrected chi connectivity index (χ1v) is 5.35. The molecule has 2 aromatic rings.